The lowest BCUT2D eigenvalue weighted by Crippen LogP contribution is -1.87. The van der Waals surface area contributed by atoms with E-state index < -0.39 is 5.82 Å². The summed E-state index contributed by atoms with van der Waals surface area (Å²) >= 11 is 0. The lowest BCUT2D eigenvalue weighted by molar-refractivity contribution is 0.441. The molecule has 2 rings (SSSR count). The summed E-state index contributed by atoms with van der Waals surface area (Å²) in [6.45, 7) is 0. The van der Waals surface area contributed by atoms with Gasteiger partial charge in [0, 0.05) is 18.5 Å². The van der Waals surface area contributed by atoms with Crippen LogP contribution in [0.5, 0.6) is 11.5 Å². The van der Waals surface area contributed by atoms with Crippen LogP contribution in [0.4, 0.5) is 4.39 Å². The van der Waals surface area contributed by atoms with Crippen molar-refractivity contribution in [1.82, 2.24) is 4.98 Å². The van der Waals surface area contributed by atoms with E-state index >= 15 is 0 Å². The Balaban J connectivity index is 2.24. The molecule has 0 N–H and O–H groups in total. The number of benzene rings is 1. The topological polar surface area (TPSA) is 22.1 Å². The summed E-state index contributed by atoms with van der Waals surface area (Å²) < 4.78 is 18.3. The van der Waals surface area contributed by atoms with E-state index in [4.69, 9.17) is 4.74 Å². The monoisotopic (exact) mass is 188 g/mol. The molecule has 2 nitrogen and oxygen atoms in total. The zero-order valence-electron chi connectivity index (χ0n) is 7.27. The molecule has 0 aliphatic carbocycles. The van der Waals surface area contributed by atoms with Crippen LogP contribution < -0.4 is 4.74 Å². The van der Waals surface area contributed by atoms with E-state index in [1.165, 1.54) is 6.07 Å². The van der Waals surface area contributed by atoms with Crippen LogP contribution in [-0.2, 0) is 0 Å². The largest absolute Gasteiger partial charge is 0.454 e. The first-order valence-electron chi connectivity index (χ1n) is 4.10. The zero-order chi connectivity index (χ0) is 9.80. The zero-order valence-corrected chi connectivity index (χ0v) is 7.27. The van der Waals surface area contributed by atoms with Gasteiger partial charge in [0.05, 0.1) is 0 Å². The fraction of sp³-hybridized carbons (Fsp3) is 0. The lowest BCUT2D eigenvalue weighted by atomic mass is 10.3. The van der Waals surface area contributed by atoms with Gasteiger partial charge in [-0.1, -0.05) is 12.1 Å². The van der Waals surface area contributed by atoms with Gasteiger partial charge in [0.25, 0.3) is 0 Å². The second-order valence-corrected chi connectivity index (χ2v) is 2.63. The standard InChI is InChI=1S/C11H7FNO/c12-10-3-1-2-4-11(10)14-9-5-7-13-8-6-9/h1-3,5-8H. The Morgan fingerprint density at radius 3 is 2.71 bits per heavy atom. The molecule has 14 heavy (non-hydrogen) atoms. The number of hydrogen-bond donors (Lipinski definition) is 0. The Hall–Kier alpha value is -1.90. The molecule has 0 saturated heterocycles. The molecule has 0 amide bonds. The summed E-state index contributed by atoms with van der Waals surface area (Å²) in [4.78, 5) is 3.83. The van der Waals surface area contributed by atoms with Crippen LogP contribution in [0.15, 0.2) is 42.7 Å². The van der Waals surface area contributed by atoms with Crippen LogP contribution in [0.1, 0.15) is 0 Å². The van der Waals surface area contributed by atoms with Gasteiger partial charge in [0.1, 0.15) is 5.75 Å². The number of nitrogens with zero attached hydrogens (tertiary/aromatic N) is 1. The molecule has 0 saturated carbocycles. The van der Waals surface area contributed by atoms with Gasteiger partial charge in [-0.15, -0.1) is 0 Å². The normalized spacial score (nSPS) is 9.79. The number of hydrogen-bond acceptors (Lipinski definition) is 2. The number of pyridine rings is 1. The van der Waals surface area contributed by atoms with Crippen LogP contribution in [0.25, 0.3) is 0 Å². The van der Waals surface area contributed by atoms with Crippen molar-refractivity contribution in [1.29, 1.82) is 0 Å². The summed E-state index contributed by atoms with van der Waals surface area (Å²) in [6, 6.07) is 10.5. The van der Waals surface area contributed by atoms with Gasteiger partial charge in [-0.25, -0.2) is 4.39 Å². The van der Waals surface area contributed by atoms with Crippen molar-refractivity contribution < 1.29 is 9.13 Å². The highest BCUT2D eigenvalue weighted by atomic mass is 19.1. The first-order valence-corrected chi connectivity index (χ1v) is 4.10. The van der Waals surface area contributed by atoms with Crippen LogP contribution >= 0.6 is 0 Å². The molecule has 1 aromatic carbocycles. The minimum atomic E-state index is -0.427. The highest BCUT2D eigenvalue weighted by Crippen LogP contribution is 2.22. The third-order valence-corrected chi connectivity index (χ3v) is 1.64. The molecule has 1 heterocycles. The highest BCUT2D eigenvalue weighted by molar-refractivity contribution is 5.29. The third-order valence-electron chi connectivity index (χ3n) is 1.64. The molecular formula is C11H7FNO. The van der Waals surface area contributed by atoms with Crippen LogP contribution in [0, 0.1) is 11.9 Å². The molecule has 0 bridgehead atoms. The van der Waals surface area contributed by atoms with E-state index in [1.54, 1.807) is 36.7 Å². The second-order valence-electron chi connectivity index (χ2n) is 2.63. The number of rotatable bonds is 2. The van der Waals surface area contributed by atoms with Crippen molar-refractivity contribution in [3.63, 3.8) is 0 Å². The Labute approximate surface area is 81.0 Å². The molecule has 2 aromatic rings. The van der Waals surface area contributed by atoms with Crippen molar-refractivity contribution >= 4 is 0 Å². The highest BCUT2D eigenvalue weighted by Gasteiger charge is 2.02. The van der Waals surface area contributed by atoms with E-state index in [0.717, 1.165) is 0 Å². The molecule has 0 unspecified atom stereocenters. The molecule has 1 aromatic heterocycles. The maximum Gasteiger partial charge on any atom is 0.170 e. The van der Waals surface area contributed by atoms with Gasteiger partial charge in [0.15, 0.2) is 11.6 Å². The third kappa shape index (κ3) is 1.88. The fourth-order valence-corrected chi connectivity index (χ4v) is 1.00. The van der Waals surface area contributed by atoms with Crippen molar-refractivity contribution in [2.24, 2.45) is 0 Å². The van der Waals surface area contributed by atoms with Crippen LogP contribution in [0.2, 0.25) is 0 Å². The maximum absolute atomic E-state index is 13.1. The first kappa shape index (κ1) is 8.69. The Kier molecular flexibility index (Phi) is 2.40. The maximum atomic E-state index is 13.1. The Morgan fingerprint density at radius 1 is 1.21 bits per heavy atom. The predicted molar refractivity (Wildman–Crippen MR) is 49.5 cm³/mol. The minimum Gasteiger partial charge on any atom is -0.454 e. The molecule has 0 aliphatic rings. The summed E-state index contributed by atoms with van der Waals surface area (Å²) in [5.41, 5.74) is 0. The molecule has 3 heteroatoms. The number of aromatic nitrogens is 1. The summed E-state index contributed by atoms with van der Waals surface area (Å²) in [6.07, 6.45) is 3.16. The second kappa shape index (κ2) is 3.87. The molecule has 69 valence electrons. The lowest BCUT2D eigenvalue weighted by Gasteiger charge is -2.04. The molecular weight excluding hydrogens is 181 g/mol. The fourth-order valence-electron chi connectivity index (χ4n) is 1.00. The quantitative estimate of drug-likeness (QED) is 0.722. The van der Waals surface area contributed by atoms with E-state index in [2.05, 4.69) is 11.1 Å². The average molecular weight is 188 g/mol. The molecule has 0 fully saturated rings. The number of halogens is 1. The summed E-state index contributed by atoms with van der Waals surface area (Å²) in [7, 11) is 0. The van der Waals surface area contributed by atoms with Gasteiger partial charge in [-0.2, -0.15) is 0 Å². The van der Waals surface area contributed by atoms with E-state index in [0.29, 0.717) is 5.75 Å². The predicted octanol–water partition coefficient (Wildman–Crippen LogP) is 2.81. The van der Waals surface area contributed by atoms with Crippen LogP contribution in [0.3, 0.4) is 0 Å². The van der Waals surface area contributed by atoms with Gasteiger partial charge in [-0.3, -0.25) is 4.98 Å². The Bertz CT molecular complexity index is 417. The number of ether oxygens (including phenoxy) is 1. The first-order chi connectivity index (χ1) is 6.86. The molecule has 1 radical (unpaired) electrons. The summed E-state index contributed by atoms with van der Waals surface area (Å²) in [5, 5.41) is 0. The molecule has 0 aliphatic heterocycles. The van der Waals surface area contributed by atoms with Crippen molar-refractivity contribution in [3.8, 4) is 11.5 Å². The van der Waals surface area contributed by atoms with E-state index in [1.807, 2.05) is 0 Å². The van der Waals surface area contributed by atoms with Crippen molar-refractivity contribution in [2.75, 3.05) is 0 Å². The SMILES string of the molecule is Fc1ccc[c]c1Oc1ccncc1. The van der Waals surface area contributed by atoms with Gasteiger partial charge in [-0.05, 0) is 18.2 Å². The minimum absolute atomic E-state index is 0.0960. The van der Waals surface area contributed by atoms with E-state index in [-0.39, 0.29) is 5.75 Å². The van der Waals surface area contributed by atoms with Crippen LogP contribution in [-0.4, -0.2) is 4.98 Å². The Morgan fingerprint density at radius 2 is 2.00 bits per heavy atom. The van der Waals surface area contributed by atoms with Crippen molar-refractivity contribution in [2.45, 2.75) is 0 Å². The smallest absolute Gasteiger partial charge is 0.170 e. The molecule has 0 spiro atoms. The van der Waals surface area contributed by atoms with Gasteiger partial charge >= 0.3 is 0 Å². The average Bonchev–Trinajstić information content (AvgIpc) is 2.23. The van der Waals surface area contributed by atoms with Gasteiger partial charge < -0.3 is 4.74 Å². The van der Waals surface area contributed by atoms with E-state index in [9.17, 15) is 4.39 Å². The summed E-state index contributed by atoms with van der Waals surface area (Å²) in [5.74, 6) is 0.212. The molecule has 0 atom stereocenters. The van der Waals surface area contributed by atoms with Crippen molar-refractivity contribution in [3.05, 3.63) is 54.6 Å². The number of para-hydroxylation sites is 1. The van der Waals surface area contributed by atoms with Gasteiger partial charge in [0.2, 0.25) is 0 Å².